The smallest absolute Gasteiger partial charge is 0.278 e. The van der Waals surface area contributed by atoms with E-state index >= 15 is 0 Å². The van der Waals surface area contributed by atoms with E-state index in [-0.39, 0.29) is 12.4 Å². The van der Waals surface area contributed by atoms with Crippen LogP contribution in [0.4, 0.5) is 0 Å². The summed E-state index contributed by atoms with van der Waals surface area (Å²) >= 11 is 0. The van der Waals surface area contributed by atoms with E-state index in [0.717, 1.165) is 42.9 Å². The van der Waals surface area contributed by atoms with E-state index in [1.54, 1.807) is 0 Å². The maximum absolute atomic E-state index is 5.56. The van der Waals surface area contributed by atoms with E-state index in [2.05, 4.69) is 59.1 Å². The number of aryl methyl sites for hydroxylation is 2. The van der Waals surface area contributed by atoms with Crippen molar-refractivity contribution >= 4 is 12.4 Å². The summed E-state index contributed by atoms with van der Waals surface area (Å²) in [6, 6.07) is 6.78. The molecule has 0 bridgehead atoms. The lowest BCUT2D eigenvalue weighted by molar-refractivity contribution is 0.416. The van der Waals surface area contributed by atoms with Gasteiger partial charge in [-0.2, -0.15) is 10.1 Å². The summed E-state index contributed by atoms with van der Waals surface area (Å²) in [7, 11) is 1.93. The predicted octanol–water partition coefficient (Wildman–Crippen LogP) is 3.60. The zero-order valence-electron chi connectivity index (χ0n) is 16.2. The fourth-order valence-corrected chi connectivity index (χ4v) is 3.66. The third-order valence-corrected chi connectivity index (χ3v) is 5.16. The van der Waals surface area contributed by atoms with Crippen molar-refractivity contribution in [3.63, 3.8) is 0 Å². The maximum atomic E-state index is 5.56. The van der Waals surface area contributed by atoms with Crippen molar-refractivity contribution in [1.29, 1.82) is 0 Å². The number of benzene rings is 1. The number of rotatable bonds is 5. The summed E-state index contributed by atoms with van der Waals surface area (Å²) in [6.45, 7) is 6.35. The monoisotopic (exact) mass is 387 g/mol. The van der Waals surface area contributed by atoms with Gasteiger partial charge in [0, 0.05) is 23.7 Å². The molecule has 1 N–H and O–H groups in total. The molecule has 2 heterocycles. The molecular formula is C20H26ClN5O. The fraction of sp³-hybridized carbons (Fsp3) is 0.450. The Labute approximate surface area is 165 Å². The SMILES string of the molecule is CNC(C)Cc1noc(-c2nn(-c3ccc(C)cc3C)c3c2CCC3)n1.Cl. The zero-order chi connectivity index (χ0) is 18.3. The molecule has 0 amide bonds. The number of likely N-dealkylation sites (N-methyl/N-ethyl adjacent to an activating group) is 1. The molecule has 0 radical (unpaired) electrons. The van der Waals surface area contributed by atoms with Crippen LogP contribution in [0.3, 0.4) is 0 Å². The van der Waals surface area contributed by atoms with Gasteiger partial charge in [-0.05, 0) is 58.7 Å². The standard InChI is InChI=1S/C20H25N5O.ClH/c1-12-8-9-16(13(2)10-12)25-17-7-5-6-15(17)19(23-25)20-22-18(24-26-20)11-14(3)21-4;/h8-10,14,21H,5-7,11H2,1-4H3;1H. The number of nitrogens with one attached hydrogen (secondary N) is 1. The molecule has 1 unspecified atom stereocenters. The normalized spacial score (nSPS) is 14.1. The third-order valence-electron chi connectivity index (χ3n) is 5.16. The van der Waals surface area contributed by atoms with Crippen LogP contribution < -0.4 is 5.32 Å². The average Bonchev–Trinajstić information content (AvgIpc) is 3.31. The molecule has 1 aliphatic rings. The molecule has 2 aromatic heterocycles. The van der Waals surface area contributed by atoms with Gasteiger partial charge in [0.15, 0.2) is 11.5 Å². The van der Waals surface area contributed by atoms with Crippen molar-refractivity contribution in [2.24, 2.45) is 0 Å². The van der Waals surface area contributed by atoms with Gasteiger partial charge in [0.1, 0.15) is 0 Å². The number of hydrogen-bond donors (Lipinski definition) is 1. The maximum Gasteiger partial charge on any atom is 0.278 e. The highest BCUT2D eigenvalue weighted by atomic mass is 35.5. The lowest BCUT2D eigenvalue weighted by Gasteiger charge is -2.09. The summed E-state index contributed by atoms with van der Waals surface area (Å²) in [5.74, 6) is 1.25. The Morgan fingerprint density at radius 3 is 2.81 bits per heavy atom. The van der Waals surface area contributed by atoms with E-state index in [1.165, 1.54) is 22.4 Å². The minimum Gasteiger partial charge on any atom is -0.332 e. The topological polar surface area (TPSA) is 68.8 Å². The number of hydrogen-bond acceptors (Lipinski definition) is 5. The Morgan fingerprint density at radius 2 is 2.07 bits per heavy atom. The summed E-state index contributed by atoms with van der Waals surface area (Å²) < 4.78 is 7.63. The van der Waals surface area contributed by atoms with Crippen LogP contribution in [-0.2, 0) is 19.3 Å². The first kappa shape index (κ1) is 19.6. The van der Waals surface area contributed by atoms with Crippen LogP contribution >= 0.6 is 12.4 Å². The van der Waals surface area contributed by atoms with Gasteiger partial charge in [-0.25, -0.2) is 4.68 Å². The molecule has 0 saturated heterocycles. The largest absolute Gasteiger partial charge is 0.332 e. The molecule has 0 saturated carbocycles. The average molecular weight is 388 g/mol. The van der Waals surface area contributed by atoms with Crippen molar-refractivity contribution in [2.75, 3.05) is 7.05 Å². The molecule has 3 aromatic rings. The van der Waals surface area contributed by atoms with Gasteiger partial charge in [0.25, 0.3) is 5.89 Å². The van der Waals surface area contributed by atoms with Crippen LogP contribution in [0, 0.1) is 13.8 Å². The molecule has 0 aliphatic heterocycles. The van der Waals surface area contributed by atoms with Gasteiger partial charge < -0.3 is 9.84 Å². The first-order chi connectivity index (χ1) is 12.6. The van der Waals surface area contributed by atoms with Crippen LogP contribution in [0.1, 0.15) is 41.6 Å². The Kier molecular flexibility index (Phi) is 5.67. The van der Waals surface area contributed by atoms with Crippen molar-refractivity contribution in [3.05, 3.63) is 46.4 Å². The Balaban J connectivity index is 0.00000210. The quantitative estimate of drug-likeness (QED) is 0.724. The van der Waals surface area contributed by atoms with Crippen LogP contribution in [0.2, 0.25) is 0 Å². The second-order valence-electron chi connectivity index (χ2n) is 7.24. The molecule has 1 aliphatic carbocycles. The third kappa shape index (κ3) is 3.64. The predicted molar refractivity (Wildman–Crippen MR) is 108 cm³/mol. The first-order valence-electron chi connectivity index (χ1n) is 9.25. The van der Waals surface area contributed by atoms with Gasteiger partial charge in [0.05, 0.1) is 5.69 Å². The summed E-state index contributed by atoms with van der Waals surface area (Å²) in [4.78, 5) is 4.60. The molecule has 4 rings (SSSR count). The van der Waals surface area contributed by atoms with E-state index in [4.69, 9.17) is 9.62 Å². The van der Waals surface area contributed by atoms with E-state index in [1.807, 2.05) is 7.05 Å². The van der Waals surface area contributed by atoms with Crippen molar-refractivity contribution in [2.45, 2.75) is 52.5 Å². The van der Waals surface area contributed by atoms with Gasteiger partial charge in [-0.3, -0.25) is 0 Å². The van der Waals surface area contributed by atoms with Crippen LogP contribution in [0.15, 0.2) is 22.7 Å². The molecular weight excluding hydrogens is 362 g/mol. The molecule has 1 aromatic carbocycles. The Morgan fingerprint density at radius 1 is 1.26 bits per heavy atom. The Hall–Kier alpha value is -2.18. The lowest BCUT2D eigenvalue weighted by atomic mass is 10.1. The minimum absolute atomic E-state index is 0. The molecule has 6 nitrogen and oxygen atoms in total. The van der Waals surface area contributed by atoms with Gasteiger partial charge in [-0.1, -0.05) is 22.9 Å². The van der Waals surface area contributed by atoms with E-state index in [9.17, 15) is 0 Å². The first-order valence-corrected chi connectivity index (χ1v) is 9.25. The molecule has 27 heavy (non-hydrogen) atoms. The zero-order valence-corrected chi connectivity index (χ0v) is 17.1. The minimum atomic E-state index is 0. The second-order valence-corrected chi connectivity index (χ2v) is 7.24. The second kappa shape index (κ2) is 7.82. The van der Waals surface area contributed by atoms with E-state index in [0.29, 0.717) is 11.9 Å². The van der Waals surface area contributed by atoms with Crippen LogP contribution in [0.5, 0.6) is 0 Å². The summed E-state index contributed by atoms with van der Waals surface area (Å²) in [5.41, 5.74) is 6.98. The molecule has 144 valence electrons. The Bertz CT molecular complexity index is 946. The molecule has 7 heteroatoms. The summed E-state index contributed by atoms with van der Waals surface area (Å²) in [5, 5.41) is 12.2. The van der Waals surface area contributed by atoms with Gasteiger partial charge in [-0.15, -0.1) is 12.4 Å². The number of fused-ring (bicyclic) bond motifs is 1. The molecule has 0 fully saturated rings. The highest BCUT2D eigenvalue weighted by Crippen LogP contribution is 2.33. The number of halogens is 1. The highest BCUT2D eigenvalue weighted by molar-refractivity contribution is 5.85. The van der Waals surface area contributed by atoms with Gasteiger partial charge >= 0.3 is 0 Å². The molecule has 1 atom stereocenters. The van der Waals surface area contributed by atoms with Gasteiger partial charge in [0.2, 0.25) is 0 Å². The number of aromatic nitrogens is 4. The summed E-state index contributed by atoms with van der Waals surface area (Å²) in [6.07, 6.45) is 3.93. The van der Waals surface area contributed by atoms with E-state index < -0.39 is 0 Å². The van der Waals surface area contributed by atoms with Crippen molar-refractivity contribution < 1.29 is 4.52 Å². The highest BCUT2D eigenvalue weighted by Gasteiger charge is 2.27. The molecule has 0 spiro atoms. The lowest BCUT2D eigenvalue weighted by Crippen LogP contribution is -2.24. The van der Waals surface area contributed by atoms with Crippen molar-refractivity contribution in [3.8, 4) is 17.3 Å². The van der Waals surface area contributed by atoms with Crippen LogP contribution in [-0.4, -0.2) is 33.0 Å². The van der Waals surface area contributed by atoms with Crippen molar-refractivity contribution in [1.82, 2.24) is 25.2 Å². The van der Waals surface area contributed by atoms with Crippen LogP contribution in [0.25, 0.3) is 17.3 Å². The fourth-order valence-electron chi connectivity index (χ4n) is 3.66. The number of nitrogens with zero attached hydrogens (tertiary/aromatic N) is 4.